The number of rotatable bonds is 3. The minimum absolute atomic E-state index is 0.0734. The zero-order chi connectivity index (χ0) is 19.1. The van der Waals surface area contributed by atoms with Crippen molar-refractivity contribution < 1.29 is 13.2 Å². The van der Waals surface area contributed by atoms with Gasteiger partial charge in [0.2, 0.25) is 5.91 Å². The summed E-state index contributed by atoms with van der Waals surface area (Å²) in [5.41, 5.74) is 2.90. The molecular formula is C20H24N2O3S. The number of hydrogen-bond acceptors (Lipinski definition) is 3. The summed E-state index contributed by atoms with van der Waals surface area (Å²) in [5.74, 6) is 0.0734. The van der Waals surface area contributed by atoms with Crippen LogP contribution in [-0.2, 0) is 21.2 Å². The summed E-state index contributed by atoms with van der Waals surface area (Å²) in [6, 6.07) is 12.1. The van der Waals surface area contributed by atoms with E-state index in [9.17, 15) is 13.2 Å². The Bertz CT molecular complexity index is 942. The molecule has 0 aliphatic carbocycles. The minimum Gasteiger partial charge on any atom is -0.311 e. The van der Waals surface area contributed by atoms with Gasteiger partial charge in [-0.25, -0.2) is 8.42 Å². The van der Waals surface area contributed by atoms with Crippen LogP contribution >= 0.6 is 0 Å². The zero-order valence-electron chi connectivity index (χ0n) is 15.5. The van der Waals surface area contributed by atoms with Gasteiger partial charge in [0, 0.05) is 23.3 Å². The predicted molar refractivity (Wildman–Crippen MR) is 104 cm³/mol. The predicted octanol–water partition coefficient (Wildman–Crippen LogP) is 3.73. The summed E-state index contributed by atoms with van der Waals surface area (Å²) in [6.07, 6.45) is 0.719. The van der Waals surface area contributed by atoms with Gasteiger partial charge in [0.15, 0.2) is 0 Å². The zero-order valence-corrected chi connectivity index (χ0v) is 16.4. The molecule has 2 aromatic carbocycles. The molecule has 5 nitrogen and oxygen atoms in total. The quantitative estimate of drug-likeness (QED) is 0.893. The molecule has 0 unspecified atom stereocenters. The molecule has 0 saturated carbocycles. The maximum absolute atomic E-state index is 12.6. The van der Waals surface area contributed by atoms with Crippen LogP contribution in [0.4, 0.5) is 11.4 Å². The first-order valence-electron chi connectivity index (χ1n) is 8.62. The number of sulfonamides is 1. The molecule has 1 amide bonds. The van der Waals surface area contributed by atoms with E-state index in [1.807, 2.05) is 39.8 Å². The molecule has 138 valence electrons. The van der Waals surface area contributed by atoms with Crippen molar-refractivity contribution >= 4 is 27.3 Å². The Hall–Kier alpha value is -2.34. The first kappa shape index (κ1) is 18.5. The number of aryl methyl sites for hydroxylation is 1. The fraction of sp³-hybridized carbons (Fsp3) is 0.350. The average Bonchev–Trinajstić information content (AvgIpc) is 2.96. The molecule has 1 aliphatic rings. The number of fused-ring (bicyclic) bond motifs is 1. The largest absolute Gasteiger partial charge is 0.311 e. The fourth-order valence-corrected chi connectivity index (χ4v) is 4.06. The number of nitrogens with zero attached hydrogens (tertiary/aromatic N) is 1. The third-order valence-corrected chi connectivity index (χ3v) is 5.84. The lowest BCUT2D eigenvalue weighted by Gasteiger charge is -2.26. The molecule has 0 radical (unpaired) electrons. The van der Waals surface area contributed by atoms with Crippen molar-refractivity contribution in [2.75, 3.05) is 16.2 Å². The summed E-state index contributed by atoms with van der Waals surface area (Å²) in [5, 5.41) is 0. The Morgan fingerprint density at radius 2 is 1.73 bits per heavy atom. The second kappa shape index (κ2) is 6.43. The van der Waals surface area contributed by atoms with Crippen molar-refractivity contribution in [3.8, 4) is 0 Å². The SMILES string of the molecule is Cc1ccc(S(=O)(=O)Nc2ccc3c(c2)CCN3C(=O)C(C)(C)C)cc1. The van der Waals surface area contributed by atoms with Crippen LogP contribution in [0.25, 0.3) is 0 Å². The van der Waals surface area contributed by atoms with E-state index >= 15 is 0 Å². The highest BCUT2D eigenvalue weighted by Gasteiger charge is 2.32. The lowest BCUT2D eigenvalue weighted by Crippen LogP contribution is -2.38. The lowest BCUT2D eigenvalue weighted by molar-refractivity contribution is -0.125. The van der Waals surface area contributed by atoms with Gasteiger partial charge in [-0.2, -0.15) is 0 Å². The molecule has 0 spiro atoms. The van der Waals surface area contributed by atoms with Crippen LogP contribution in [0.3, 0.4) is 0 Å². The van der Waals surface area contributed by atoms with Gasteiger partial charge >= 0.3 is 0 Å². The van der Waals surface area contributed by atoms with Crippen molar-refractivity contribution in [1.82, 2.24) is 0 Å². The topological polar surface area (TPSA) is 66.5 Å². The fourth-order valence-electron chi connectivity index (χ4n) is 3.01. The van der Waals surface area contributed by atoms with Gasteiger partial charge in [-0.1, -0.05) is 38.5 Å². The molecule has 2 aromatic rings. The van der Waals surface area contributed by atoms with Gasteiger partial charge in [-0.15, -0.1) is 0 Å². The standard InChI is InChI=1S/C20H24N2O3S/c1-14-5-8-17(9-6-14)26(24,25)21-16-7-10-18-15(13-16)11-12-22(18)19(23)20(2,3)4/h5-10,13,21H,11-12H2,1-4H3. The van der Waals surface area contributed by atoms with E-state index in [-0.39, 0.29) is 10.8 Å². The third kappa shape index (κ3) is 3.60. The van der Waals surface area contributed by atoms with E-state index in [2.05, 4.69) is 4.72 Å². The monoisotopic (exact) mass is 372 g/mol. The van der Waals surface area contributed by atoms with Crippen LogP contribution in [0, 0.1) is 12.3 Å². The van der Waals surface area contributed by atoms with Gasteiger partial charge in [0.1, 0.15) is 0 Å². The van der Waals surface area contributed by atoms with E-state index < -0.39 is 15.4 Å². The Kier molecular flexibility index (Phi) is 4.56. The molecule has 0 aromatic heterocycles. The van der Waals surface area contributed by atoms with Gasteiger partial charge in [0.05, 0.1) is 4.90 Å². The van der Waals surface area contributed by atoms with Crippen LogP contribution < -0.4 is 9.62 Å². The summed E-state index contributed by atoms with van der Waals surface area (Å²) in [4.78, 5) is 14.6. The van der Waals surface area contributed by atoms with Crippen LogP contribution in [-0.4, -0.2) is 20.9 Å². The van der Waals surface area contributed by atoms with Crippen molar-refractivity contribution in [3.05, 3.63) is 53.6 Å². The minimum atomic E-state index is -3.63. The van der Waals surface area contributed by atoms with Crippen molar-refractivity contribution in [1.29, 1.82) is 0 Å². The number of hydrogen-bond donors (Lipinski definition) is 1. The smallest absolute Gasteiger partial charge is 0.261 e. The number of anilines is 2. The van der Waals surface area contributed by atoms with Crippen molar-refractivity contribution in [2.24, 2.45) is 5.41 Å². The Morgan fingerprint density at radius 3 is 2.35 bits per heavy atom. The number of benzene rings is 2. The van der Waals surface area contributed by atoms with Crippen LogP contribution in [0.15, 0.2) is 47.4 Å². The molecule has 1 aliphatic heterocycles. The van der Waals surface area contributed by atoms with E-state index in [1.165, 1.54) is 0 Å². The Morgan fingerprint density at radius 1 is 1.08 bits per heavy atom. The van der Waals surface area contributed by atoms with Gasteiger partial charge < -0.3 is 4.90 Å². The molecule has 1 N–H and O–H groups in total. The van der Waals surface area contributed by atoms with Crippen LogP contribution in [0.2, 0.25) is 0 Å². The van der Waals surface area contributed by atoms with Crippen LogP contribution in [0.5, 0.6) is 0 Å². The highest BCUT2D eigenvalue weighted by atomic mass is 32.2. The number of nitrogens with one attached hydrogen (secondary N) is 1. The average molecular weight is 372 g/mol. The third-order valence-electron chi connectivity index (χ3n) is 4.45. The van der Waals surface area contributed by atoms with E-state index in [4.69, 9.17) is 0 Å². The second-order valence-corrected chi connectivity index (χ2v) is 9.40. The molecule has 0 bridgehead atoms. The van der Waals surface area contributed by atoms with E-state index in [0.717, 1.165) is 23.2 Å². The first-order valence-corrected chi connectivity index (χ1v) is 10.1. The van der Waals surface area contributed by atoms with Gasteiger partial charge in [-0.3, -0.25) is 9.52 Å². The molecule has 1 heterocycles. The normalized spacial score (nSPS) is 14.2. The maximum Gasteiger partial charge on any atom is 0.261 e. The Balaban J connectivity index is 1.84. The maximum atomic E-state index is 12.6. The van der Waals surface area contributed by atoms with Gasteiger partial charge in [0.25, 0.3) is 10.0 Å². The summed E-state index contributed by atoms with van der Waals surface area (Å²) in [6.45, 7) is 8.24. The molecule has 0 saturated heterocycles. The summed E-state index contributed by atoms with van der Waals surface area (Å²) >= 11 is 0. The van der Waals surface area contributed by atoms with Gasteiger partial charge in [-0.05, 0) is 49.2 Å². The molecule has 0 fully saturated rings. The van der Waals surface area contributed by atoms with E-state index in [1.54, 1.807) is 35.2 Å². The molecule has 3 rings (SSSR count). The van der Waals surface area contributed by atoms with Crippen LogP contribution in [0.1, 0.15) is 31.9 Å². The summed E-state index contributed by atoms with van der Waals surface area (Å²) < 4.78 is 27.7. The lowest BCUT2D eigenvalue weighted by atomic mass is 9.94. The van der Waals surface area contributed by atoms with E-state index in [0.29, 0.717) is 12.2 Å². The second-order valence-electron chi connectivity index (χ2n) is 7.72. The molecule has 6 heteroatoms. The molecule has 0 atom stereocenters. The summed E-state index contributed by atoms with van der Waals surface area (Å²) in [7, 11) is -3.63. The Labute approximate surface area is 155 Å². The number of carbonyl (C=O) groups is 1. The van der Waals surface area contributed by atoms with Crippen molar-refractivity contribution in [3.63, 3.8) is 0 Å². The molecular weight excluding hydrogens is 348 g/mol. The highest BCUT2D eigenvalue weighted by molar-refractivity contribution is 7.92. The highest BCUT2D eigenvalue weighted by Crippen LogP contribution is 2.34. The number of carbonyl (C=O) groups excluding carboxylic acids is 1. The first-order chi connectivity index (χ1) is 12.1. The number of amides is 1. The van der Waals surface area contributed by atoms with Crippen molar-refractivity contribution in [2.45, 2.75) is 39.0 Å². The molecule has 26 heavy (non-hydrogen) atoms.